The second-order valence-electron chi connectivity index (χ2n) is 4.52. The number of nitrogens with one attached hydrogen (secondary N) is 1. The molecule has 0 bridgehead atoms. The maximum atomic E-state index is 12.2. The Morgan fingerprint density at radius 2 is 1.80 bits per heavy atom. The summed E-state index contributed by atoms with van der Waals surface area (Å²) in [5.74, 6) is -0.730. The number of benzene rings is 1. The highest BCUT2D eigenvalue weighted by Gasteiger charge is 2.27. The molecule has 1 N–H and O–H groups in total. The predicted molar refractivity (Wildman–Crippen MR) is 84.6 cm³/mol. The molecule has 1 aromatic rings. The molecule has 0 radical (unpaired) electrons. The first-order valence-electron chi connectivity index (χ1n) is 6.23. The van der Waals surface area contributed by atoms with E-state index in [1.807, 2.05) is 19.9 Å². The van der Waals surface area contributed by atoms with Gasteiger partial charge in [-0.3, -0.25) is 4.79 Å². The molecular formula is C14H17Br2NO3. The molecule has 0 spiro atoms. The van der Waals surface area contributed by atoms with Crippen molar-refractivity contribution >= 4 is 43.7 Å². The van der Waals surface area contributed by atoms with Gasteiger partial charge in [-0.25, -0.2) is 4.79 Å². The molecule has 1 aromatic carbocycles. The molecule has 110 valence electrons. The van der Waals surface area contributed by atoms with Crippen molar-refractivity contribution in [1.82, 2.24) is 5.32 Å². The summed E-state index contributed by atoms with van der Waals surface area (Å²) < 4.78 is 6.32. The maximum absolute atomic E-state index is 12.2. The van der Waals surface area contributed by atoms with E-state index in [1.165, 1.54) is 7.11 Å². The number of carbonyl (C=O) groups excluding carboxylic acids is 2. The lowest BCUT2D eigenvalue weighted by Gasteiger charge is -2.21. The molecule has 0 aliphatic heterocycles. The molecule has 4 nitrogen and oxygen atoms in total. The van der Waals surface area contributed by atoms with Crippen LogP contribution in [-0.4, -0.2) is 25.0 Å². The topological polar surface area (TPSA) is 55.4 Å². The molecule has 0 aromatic heterocycles. The summed E-state index contributed by atoms with van der Waals surface area (Å²) in [5.41, 5.74) is 0.475. The summed E-state index contributed by atoms with van der Waals surface area (Å²) in [7, 11) is 1.32. The Balaban J connectivity index is 2.93. The lowest BCUT2D eigenvalue weighted by Crippen LogP contribution is -2.45. The SMILES string of the molecule is CC[C@@H](C)[C@@H](NC(=O)c1cc(Br)cc(Br)c1)C(=O)OC. The highest BCUT2D eigenvalue weighted by atomic mass is 79.9. The van der Waals surface area contributed by atoms with E-state index in [9.17, 15) is 9.59 Å². The first-order chi connectivity index (χ1) is 9.38. The number of hydrogen-bond donors (Lipinski definition) is 1. The van der Waals surface area contributed by atoms with Crippen molar-refractivity contribution in [3.05, 3.63) is 32.7 Å². The van der Waals surface area contributed by atoms with Crippen LogP contribution in [0, 0.1) is 5.92 Å². The van der Waals surface area contributed by atoms with Crippen molar-refractivity contribution in [3.63, 3.8) is 0 Å². The van der Waals surface area contributed by atoms with E-state index < -0.39 is 12.0 Å². The van der Waals surface area contributed by atoms with Crippen molar-refractivity contribution in [2.24, 2.45) is 5.92 Å². The monoisotopic (exact) mass is 405 g/mol. The van der Waals surface area contributed by atoms with Crippen molar-refractivity contribution in [3.8, 4) is 0 Å². The molecule has 0 unspecified atom stereocenters. The average Bonchev–Trinajstić information content (AvgIpc) is 2.41. The fourth-order valence-corrected chi connectivity index (χ4v) is 3.00. The molecule has 0 saturated carbocycles. The van der Waals surface area contributed by atoms with E-state index in [0.717, 1.165) is 15.4 Å². The van der Waals surface area contributed by atoms with Crippen LogP contribution in [-0.2, 0) is 9.53 Å². The van der Waals surface area contributed by atoms with Gasteiger partial charge in [-0.05, 0) is 24.1 Å². The van der Waals surface area contributed by atoms with E-state index in [0.29, 0.717) is 5.56 Å². The molecule has 0 aliphatic carbocycles. The maximum Gasteiger partial charge on any atom is 0.328 e. The molecule has 1 rings (SSSR count). The number of esters is 1. The second kappa shape index (κ2) is 7.78. The first-order valence-corrected chi connectivity index (χ1v) is 7.82. The average molecular weight is 407 g/mol. The summed E-state index contributed by atoms with van der Waals surface area (Å²) in [4.78, 5) is 24.0. The van der Waals surface area contributed by atoms with Gasteiger partial charge >= 0.3 is 5.97 Å². The summed E-state index contributed by atoms with van der Waals surface area (Å²) in [6.45, 7) is 3.86. The zero-order chi connectivity index (χ0) is 15.3. The Morgan fingerprint density at radius 1 is 1.25 bits per heavy atom. The minimum Gasteiger partial charge on any atom is -0.467 e. The molecule has 2 atom stereocenters. The van der Waals surface area contributed by atoms with Crippen molar-refractivity contribution < 1.29 is 14.3 Å². The van der Waals surface area contributed by atoms with Crippen LogP contribution >= 0.6 is 31.9 Å². The molecule has 0 heterocycles. The van der Waals surface area contributed by atoms with Crippen LogP contribution < -0.4 is 5.32 Å². The van der Waals surface area contributed by atoms with E-state index in [4.69, 9.17) is 4.74 Å². The zero-order valence-electron chi connectivity index (χ0n) is 11.6. The third kappa shape index (κ3) is 4.59. The van der Waals surface area contributed by atoms with E-state index in [1.54, 1.807) is 12.1 Å². The Morgan fingerprint density at radius 3 is 2.25 bits per heavy atom. The summed E-state index contributed by atoms with van der Waals surface area (Å²) in [6.07, 6.45) is 0.766. The Labute approximate surface area is 135 Å². The lowest BCUT2D eigenvalue weighted by molar-refractivity contribution is -0.144. The fraction of sp³-hybridized carbons (Fsp3) is 0.429. The predicted octanol–water partition coefficient (Wildman–Crippen LogP) is 3.53. The van der Waals surface area contributed by atoms with E-state index >= 15 is 0 Å². The number of hydrogen-bond acceptors (Lipinski definition) is 3. The number of halogens is 2. The minimum absolute atomic E-state index is 0.00185. The van der Waals surface area contributed by atoms with E-state index in [-0.39, 0.29) is 11.8 Å². The van der Waals surface area contributed by atoms with Crippen molar-refractivity contribution in [2.75, 3.05) is 7.11 Å². The van der Waals surface area contributed by atoms with Crippen LogP contribution in [0.4, 0.5) is 0 Å². The molecule has 6 heteroatoms. The first kappa shape index (κ1) is 17.2. The summed E-state index contributed by atoms with van der Waals surface area (Å²) in [5, 5.41) is 2.73. The Bertz CT molecular complexity index is 485. The molecule has 0 saturated heterocycles. The summed E-state index contributed by atoms with van der Waals surface area (Å²) in [6, 6.07) is 4.59. The van der Waals surface area contributed by atoms with Gasteiger partial charge in [0.1, 0.15) is 6.04 Å². The number of ether oxygens (including phenoxy) is 1. The normalized spacial score (nSPS) is 13.4. The number of carbonyl (C=O) groups is 2. The molecule has 20 heavy (non-hydrogen) atoms. The molecule has 0 aliphatic rings. The second-order valence-corrected chi connectivity index (χ2v) is 6.35. The highest BCUT2D eigenvalue weighted by Crippen LogP contribution is 2.20. The quantitative estimate of drug-likeness (QED) is 0.761. The van der Waals surface area contributed by atoms with Crippen molar-refractivity contribution in [1.29, 1.82) is 0 Å². The van der Waals surface area contributed by atoms with Gasteiger partial charge in [0.15, 0.2) is 0 Å². The lowest BCUT2D eigenvalue weighted by atomic mass is 9.99. The Hall–Kier alpha value is -0.880. The van der Waals surface area contributed by atoms with Crippen LogP contribution in [0.25, 0.3) is 0 Å². The van der Waals surface area contributed by atoms with Gasteiger partial charge in [0.2, 0.25) is 0 Å². The van der Waals surface area contributed by atoms with Crippen LogP contribution in [0.3, 0.4) is 0 Å². The van der Waals surface area contributed by atoms with E-state index in [2.05, 4.69) is 37.2 Å². The smallest absolute Gasteiger partial charge is 0.328 e. The van der Waals surface area contributed by atoms with Crippen LogP contribution in [0.2, 0.25) is 0 Å². The van der Waals surface area contributed by atoms with Crippen molar-refractivity contribution in [2.45, 2.75) is 26.3 Å². The highest BCUT2D eigenvalue weighted by molar-refractivity contribution is 9.11. The van der Waals surface area contributed by atoms with Gasteiger partial charge in [-0.2, -0.15) is 0 Å². The third-order valence-electron chi connectivity index (χ3n) is 3.08. The van der Waals surface area contributed by atoms with Crippen LogP contribution in [0.5, 0.6) is 0 Å². The Kier molecular flexibility index (Phi) is 6.68. The minimum atomic E-state index is -0.643. The standard InChI is InChI=1S/C14H17Br2NO3/c1-4-8(2)12(14(19)20-3)17-13(18)9-5-10(15)7-11(16)6-9/h5-8,12H,4H2,1-3H3,(H,17,18)/t8-,12-/m1/s1. The van der Waals surface area contributed by atoms with Gasteiger partial charge in [0, 0.05) is 14.5 Å². The molecular weight excluding hydrogens is 390 g/mol. The number of methoxy groups -OCH3 is 1. The fourth-order valence-electron chi connectivity index (χ4n) is 1.71. The van der Waals surface area contributed by atoms with Gasteiger partial charge in [-0.15, -0.1) is 0 Å². The number of amides is 1. The van der Waals surface area contributed by atoms with Crippen LogP contribution in [0.15, 0.2) is 27.1 Å². The van der Waals surface area contributed by atoms with Gasteiger partial charge < -0.3 is 10.1 Å². The molecule has 1 amide bonds. The van der Waals surface area contributed by atoms with Gasteiger partial charge in [0.05, 0.1) is 7.11 Å². The number of rotatable bonds is 5. The van der Waals surface area contributed by atoms with Crippen LogP contribution in [0.1, 0.15) is 30.6 Å². The third-order valence-corrected chi connectivity index (χ3v) is 4.00. The van der Waals surface area contributed by atoms with Gasteiger partial charge in [-0.1, -0.05) is 52.1 Å². The zero-order valence-corrected chi connectivity index (χ0v) is 14.7. The molecule has 0 fully saturated rings. The largest absolute Gasteiger partial charge is 0.467 e. The summed E-state index contributed by atoms with van der Waals surface area (Å²) >= 11 is 6.66. The van der Waals surface area contributed by atoms with Gasteiger partial charge in [0.25, 0.3) is 5.91 Å².